The predicted octanol–water partition coefficient (Wildman–Crippen LogP) is 1.15. The molecule has 0 bridgehead atoms. The van der Waals surface area contributed by atoms with E-state index in [1.165, 1.54) is 12.0 Å². The number of aromatic nitrogens is 2. The van der Waals surface area contributed by atoms with Crippen LogP contribution in [0.2, 0.25) is 0 Å². The molecule has 1 unspecified atom stereocenters. The Labute approximate surface area is 92.1 Å². The molecule has 1 aromatic heterocycles. The van der Waals surface area contributed by atoms with E-state index in [4.69, 9.17) is 0 Å². The third kappa shape index (κ3) is 4.44. The second-order valence-electron chi connectivity index (χ2n) is 4.39. The lowest BCUT2D eigenvalue weighted by Gasteiger charge is -2.16. The van der Waals surface area contributed by atoms with Crippen LogP contribution in [0.1, 0.15) is 24.6 Å². The van der Waals surface area contributed by atoms with Gasteiger partial charge in [-0.3, -0.25) is 5.10 Å². The molecule has 86 valence electrons. The lowest BCUT2D eigenvalue weighted by atomic mass is 10.2. The van der Waals surface area contributed by atoms with Crippen molar-refractivity contribution in [3.05, 3.63) is 17.5 Å². The zero-order chi connectivity index (χ0) is 11.3. The van der Waals surface area contributed by atoms with Crippen LogP contribution in [0.5, 0.6) is 0 Å². The molecule has 0 fully saturated rings. The Hall–Kier alpha value is -0.870. The van der Waals surface area contributed by atoms with E-state index in [-0.39, 0.29) is 0 Å². The van der Waals surface area contributed by atoms with E-state index in [0.717, 1.165) is 18.8 Å². The van der Waals surface area contributed by atoms with Crippen molar-refractivity contribution < 1.29 is 0 Å². The van der Waals surface area contributed by atoms with Gasteiger partial charge in [0.25, 0.3) is 0 Å². The molecule has 0 amide bonds. The molecule has 0 aromatic carbocycles. The zero-order valence-electron chi connectivity index (χ0n) is 10.2. The van der Waals surface area contributed by atoms with E-state index >= 15 is 0 Å². The summed E-state index contributed by atoms with van der Waals surface area (Å²) in [6.07, 6.45) is 3.06. The van der Waals surface area contributed by atoms with Crippen molar-refractivity contribution in [1.29, 1.82) is 0 Å². The third-order valence-electron chi connectivity index (χ3n) is 2.58. The van der Waals surface area contributed by atoms with E-state index in [1.807, 2.05) is 6.20 Å². The Morgan fingerprint density at radius 2 is 2.27 bits per heavy atom. The van der Waals surface area contributed by atoms with Crippen molar-refractivity contribution in [2.45, 2.75) is 32.9 Å². The van der Waals surface area contributed by atoms with Crippen LogP contribution in [0.3, 0.4) is 0 Å². The molecule has 4 nitrogen and oxygen atoms in total. The second kappa shape index (κ2) is 5.88. The summed E-state index contributed by atoms with van der Waals surface area (Å²) in [5.41, 5.74) is 2.41. The Kier molecular flexibility index (Phi) is 4.78. The molecule has 0 aliphatic heterocycles. The van der Waals surface area contributed by atoms with Gasteiger partial charge in [0, 0.05) is 23.8 Å². The third-order valence-corrected chi connectivity index (χ3v) is 2.58. The molecule has 0 aliphatic carbocycles. The van der Waals surface area contributed by atoms with E-state index in [2.05, 4.69) is 48.4 Å². The highest BCUT2D eigenvalue weighted by atomic mass is 15.1. The molecule has 1 rings (SSSR count). The normalized spacial score (nSPS) is 13.4. The SMILES string of the molecule is Cc1[nH]ncc1CNC(C)CCN(C)C. The number of rotatable bonds is 6. The maximum atomic E-state index is 4.00. The highest BCUT2D eigenvalue weighted by Crippen LogP contribution is 2.02. The van der Waals surface area contributed by atoms with Gasteiger partial charge in [-0.2, -0.15) is 5.10 Å². The summed E-state index contributed by atoms with van der Waals surface area (Å²) in [6.45, 7) is 6.29. The number of nitrogens with zero attached hydrogens (tertiary/aromatic N) is 2. The molecule has 4 heteroatoms. The van der Waals surface area contributed by atoms with Crippen LogP contribution in [0.4, 0.5) is 0 Å². The summed E-state index contributed by atoms with van der Waals surface area (Å²) in [4.78, 5) is 2.21. The Balaban J connectivity index is 2.22. The number of nitrogens with one attached hydrogen (secondary N) is 2. The Bertz CT molecular complexity index is 280. The fourth-order valence-electron chi connectivity index (χ4n) is 1.39. The van der Waals surface area contributed by atoms with Gasteiger partial charge in [-0.05, 0) is 40.9 Å². The molecular weight excluding hydrogens is 188 g/mol. The number of hydrogen-bond donors (Lipinski definition) is 2. The van der Waals surface area contributed by atoms with Gasteiger partial charge in [-0.15, -0.1) is 0 Å². The molecule has 15 heavy (non-hydrogen) atoms. The highest BCUT2D eigenvalue weighted by molar-refractivity contribution is 5.13. The molecule has 0 saturated carbocycles. The molecule has 1 aromatic rings. The first-order chi connectivity index (χ1) is 7.09. The number of aryl methyl sites for hydroxylation is 1. The van der Waals surface area contributed by atoms with Crippen molar-refractivity contribution in [2.75, 3.05) is 20.6 Å². The van der Waals surface area contributed by atoms with Crippen LogP contribution in [0.15, 0.2) is 6.20 Å². The largest absolute Gasteiger partial charge is 0.310 e. The van der Waals surface area contributed by atoms with Gasteiger partial charge in [-0.25, -0.2) is 0 Å². The summed E-state index contributed by atoms with van der Waals surface area (Å²) in [5.74, 6) is 0. The van der Waals surface area contributed by atoms with Crippen LogP contribution in [-0.4, -0.2) is 41.8 Å². The topological polar surface area (TPSA) is 44.0 Å². The van der Waals surface area contributed by atoms with Crippen molar-refractivity contribution in [3.63, 3.8) is 0 Å². The van der Waals surface area contributed by atoms with E-state index < -0.39 is 0 Å². The summed E-state index contributed by atoms with van der Waals surface area (Å²) >= 11 is 0. The van der Waals surface area contributed by atoms with Crippen LogP contribution < -0.4 is 5.32 Å². The summed E-state index contributed by atoms with van der Waals surface area (Å²) in [6, 6.07) is 0.543. The highest BCUT2D eigenvalue weighted by Gasteiger charge is 2.04. The zero-order valence-corrected chi connectivity index (χ0v) is 10.2. The number of H-pyrrole nitrogens is 1. The van der Waals surface area contributed by atoms with Crippen molar-refractivity contribution in [2.24, 2.45) is 0 Å². The van der Waals surface area contributed by atoms with Gasteiger partial charge in [0.1, 0.15) is 0 Å². The second-order valence-corrected chi connectivity index (χ2v) is 4.39. The van der Waals surface area contributed by atoms with Crippen molar-refractivity contribution in [1.82, 2.24) is 20.4 Å². The van der Waals surface area contributed by atoms with Crippen molar-refractivity contribution >= 4 is 0 Å². The van der Waals surface area contributed by atoms with Crippen LogP contribution >= 0.6 is 0 Å². The monoisotopic (exact) mass is 210 g/mol. The molecule has 0 spiro atoms. The quantitative estimate of drug-likeness (QED) is 0.740. The molecule has 2 N–H and O–H groups in total. The first-order valence-corrected chi connectivity index (χ1v) is 5.46. The van der Waals surface area contributed by atoms with Crippen LogP contribution in [-0.2, 0) is 6.54 Å². The first-order valence-electron chi connectivity index (χ1n) is 5.46. The van der Waals surface area contributed by atoms with Gasteiger partial charge in [0.15, 0.2) is 0 Å². The van der Waals surface area contributed by atoms with Gasteiger partial charge in [-0.1, -0.05) is 0 Å². The average Bonchev–Trinajstić information content (AvgIpc) is 2.58. The van der Waals surface area contributed by atoms with E-state index in [1.54, 1.807) is 0 Å². The maximum absolute atomic E-state index is 4.00. The molecule has 0 saturated heterocycles. The van der Waals surface area contributed by atoms with Crippen LogP contribution in [0.25, 0.3) is 0 Å². The van der Waals surface area contributed by atoms with E-state index in [9.17, 15) is 0 Å². The minimum Gasteiger partial charge on any atom is -0.310 e. The molecule has 1 atom stereocenters. The summed E-state index contributed by atoms with van der Waals surface area (Å²) < 4.78 is 0. The lowest BCUT2D eigenvalue weighted by molar-refractivity contribution is 0.365. The van der Waals surface area contributed by atoms with E-state index in [0.29, 0.717) is 6.04 Å². The standard InChI is InChI=1S/C11H22N4/c1-9(5-6-15(3)4)12-7-11-8-13-14-10(11)2/h8-9,12H,5-7H2,1-4H3,(H,13,14). The average molecular weight is 210 g/mol. The Morgan fingerprint density at radius 3 is 2.80 bits per heavy atom. The van der Waals surface area contributed by atoms with Crippen molar-refractivity contribution in [3.8, 4) is 0 Å². The fraction of sp³-hybridized carbons (Fsp3) is 0.727. The molecule has 1 heterocycles. The number of hydrogen-bond acceptors (Lipinski definition) is 3. The van der Waals surface area contributed by atoms with Gasteiger partial charge in [0.05, 0.1) is 6.20 Å². The van der Waals surface area contributed by atoms with Gasteiger partial charge < -0.3 is 10.2 Å². The minimum absolute atomic E-state index is 0.543. The van der Waals surface area contributed by atoms with Gasteiger partial charge in [0.2, 0.25) is 0 Å². The smallest absolute Gasteiger partial charge is 0.0535 e. The van der Waals surface area contributed by atoms with Crippen LogP contribution in [0, 0.1) is 6.92 Å². The minimum atomic E-state index is 0.543. The fourth-order valence-corrected chi connectivity index (χ4v) is 1.39. The van der Waals surface area contributed by atoms with Gasteiger partial charge >= 0.3 is 0 Å². The lowest BCUT2D eigenvalue weighted by Crippen LogP contribution is -2.29. The molecular formula is C11H22N4. The maximum Gasteiger partial charge on any atom is 0.0535 e. The number of aromatic amines is 1. The summed E-state index contributed by atoms with van der Waals surface area (Å²) in [7, 11) is 4.21. The summed E-state index contributed by atoms with van der Waals surface area (Å²) in [5, 5.41) is 10.4. The Morgan fingerprint density at radius 1 is 1.53 bits per heavy atom. The molecule has 0 radical (unpaired) electrons. The first kappa shape index (κ1) is 12.2. The predicted molar refractivity (Wildman–Crippen MR) is 62.8 cm³/mol. The molecule has 0 aliphatic rings.